The van der Waals surface area contributed by atoms with E-state index in [9.17, 15) is 4.39 Å². The maximum absolute atomic E-state index is 13.1. The number of thioether (sulfide) groups is 1. The third-order valence-corrected chi connectivity index (χ3v) is 4.20. The van der Waals surface area contributed by atoms with Crippen LogP contribution >= 0.6 is 39.3 Å². The van der Waals surface area contributed by atoms with Crippen LogP contribution in [0.15, 0.2) is 21.6 Å². The molecule has 0 saturated carbocycles. The lowest BCUT2D eigenvalue weighted by molar-refractivity contribution is 0.627. The number of aliphatic imine (C=N–C) groups is 1. The van der Waals surface area contributed by atoms with Crippen molar-refractivity contribution in [2.45, 2.75) is 19.4 Å². The first-order valence-corrected chi connectivity index (χ1v) is 7.34. The van der Waals surface area contributed by atoms with Crippen molar-refractivity contribution >= 4 is 50.1 Å². The molecule has 1 aromatic rings. The average molecular weight is 338 g/mol. The molecule has 0 radical (unpaired) electrons. The van der Waals surface area contributed by atoms with Crippen molar-refractivity contribution in [1.29, 1.82) is 0 Å². The van der Waals surface area contributed by atoms with Crippen LogP contribution in [-0.2, 0) is 0 Å². The molecule has 2 rings (SSSR count). The Morgan fingerprint density at radius 3 is 3.00 bits per heavy atom. The lowest BCUT2D eigenvalue weighted by atomic mass is 10.3. The fourth-order valence-corrected chi connectivity index (χ4v) is 3.44. The van der Waals surface area contributed by atoms with Crippen LogP contribution in [0, 0.1) is 5.82 Å². The fourth-order valence-electron chi connectivity index (χ4n) is 1.47. The molecule has 0 bridgehead atoms. The normalized spacial score (nSPS) is 20.0. The monoisotopic (exact) mass is 336 g/mol. The fraction of sp³-hybridized carbons (Fsp3) is 0.364. The molecule has 1 aliphatic rings. The lowest BCUT2D eigenvalue weighted by Crippen LogP contribution is -2.18. The van der Waals surface area contributed by atoms with Gasteiger partial charge in [-0.15, -0.1) is 0 Å². The Morgan fingerprint density at radius 1 is 1.59 bits per heavy atom. The van der Waals surface area contributed by atoms with Gasteiger partial charge in [0.2, 0.25) is 0 Å². The minimum absolute atomic E-state index is 0.316. The summed E-state index contributed by atoms with van der Waals surface area (Å²) in [7, 11) is 0. The van der Waals surface area contributed by atoms with Crippen molar-refractivity contribution in [2.24, 2.45) is 4.99 Å². The molecule has 6 heteroatoms. The van der Waals surface area contributed by atoms with E-state index in [0.717, 1.165) is 17.3 Å². The average Bonchev–Trinajstić information content (AvgIpc) is 2.23. The standard InChI is InChI=1S/C11H11BrClFN2S/c1-6-2-3-17-11(15-6)16-10-8(12)4-7(14)5-9(10)13/h4-6H,2-3H2,1H3,(H,15,16). The van der Waals surface area contributed by atoms with Crippen LogP contribution in [-0.4, -0.2) is 17.0 Å². The van der Waals surface area contributed by atoms with Gasteiger partial charge >= 0.3 is 0 Å². The zero-order valence-electron chi connectivity index (χ0n) is 9.14. The van der Waals surface area contributed by atoms with Gasteiger partial charge in [-0.2, -0.15) is 0 Å². The van der Waals surface area contributed by atoms with Crippen molar-refractivity contribution in [2.75, 3.05) is 11.1 Å². The zero-order valence-corrected chi connectivity index (χ0v) is 12.3. The van der Waals surface area contributed by atoms with E-state index in [1.54, 1.807) is 11.8 Å². The van der Waals surface area contributed by atoms with E-state index in [4.69, 9.17) is 11.6 Å². The van der Waals surface area contributed by atoms with Crippen LogP contribution in [0.1, 0.15) is 13.3 Å². The highest BCUT2D eigenvalue weighted by molar-refractivity contribution is 9.10. The molecule has 1 N–H and O–H groups in total. The van der Waals surface area contributed by atoms with Crippen LogP contribution < -0.4 is 5.32 Å². The van der Waals surface area contributed by atoms with Crippen molar-refractivity contribution in [3.63, 3.8) is 0 Å². The van der Waals surface area contributed by atoms with E-state index in [1.165, 1.54) is 12.1 Å². The second-order valence-corrected chi connectivity index (χ2v) is 6.14. The Labute approximate surface area is 117 Å². The van der Waals surface area contributed by atoms with Gasteiger partial charge in [0.15, 0.2) is 5.17 Å². The molecule has 1 heterocycles. The van der Waals surface area contributed by atoms with Gasteiger partial charge in [0.25, 0.3) is 0 Å². The zero-order chi connectivity index (χ0) is 12.4. The molecule has 0 fully saturated rings. The largest absolute Gasteiger partial charge is 0.333 e. The number of benzene rings is 1. The third-order valence-electron chi connectivity index (χ3n) is 2.35. The van der Waals surface area contributed by atoms with Gasteiger partial charge in [0.1, 0.15) is 5.82 Å². The van der Waals surface area contributed by atoms with Crippen molar-refractivity contribution < 1.29 is 4.39 Å². The molecule has 0 saturated heterocycles. The molecule has 0 aromatic heterocycles. The van der Waals surface area contributed by atoms with Crippen molar-refractivity contribution in [1.82, 2.24) is 0 Å². The van der Waals surface area contributed by atoms with E-state index in [0.29, 0.717) is 21.2 Å². The van der Waals surface area contributed by atoms with E-state index in [-0.39, 0.29) is 5.82 Å². The molecule has 0 aliphatic carbocycles. The summed E-state index contributed by atoms with van der Waals surface area (Å²) in [5.41, 5.74) is 0.661. The Hall–Kier alpha value is -0.260. The maximum atomic E-state index is 13.1. The Morgan fingerprint density at radius 2 is 2.35 bits per heavy atom. The number of hydrogen-bond donors (Lipinski definition) is 1. The lowest BCUT2D eigenvalue weighted by Gasteiger charge is -2.19. The van der Waals surface area contributed by atoms with Crippen molar-refractivity contribution in [3.8, 4) is 0 Å². The second kappa shape index (κ2) is 5.59. The number of amidine groups is 1. The number of nitrogens with zero attached hydrogens (tertiary/aromatic N) is 1. The van der Waals surface area contributed by atoms with Crippen LogP contribution in [0.3, 0.4) is 0 Å². The minimum Gasteiger partial charge on any atom is -0.333 e. The molecular formula is C11H11BrClFN2S. The van der Waals surface area contributed by atoms with Gasteiger partial charge in [0.05, 0.1) is 16.8 Å². The van der Waals surface area contributed by atoms with E-state index >= 15 is 0 Å². The molecule has 1 unspecified atom stereocenters. The van der Waals surface area contributed by atoms with Gasteiger partial charge in [-0.05, 0) is 41.4 Å². The molecule has 2 nitrogen and oxygen atoms in total. The molecule has 1 aromatic carbocycles. The second-order valence-electron chi connectivity index (χ2n) is 3.79. The van der Waals surface area contributed by atoms with Gasteiger partial charge in [-0.1, -0.05) is 23.4 Å². The molecular weight excluding hydrogens is 327 g/mol. The number of hydrogen-bond acceptors (Lipinski definition) is 3. The van der Waals surface area contributed by atoms with E-state index < -0.39 is 0 Å². The van der Waals surface area contributed by atoms with Gasteiger partial charge < -0.3 is 5.32 Å². The summed E-state index contributed by atoms with van der Waals surface area (Å²) in [5, 5.41) is 4.32. The topological polar surface area (TPSA) is 24.4 Å². The summed E-state index contributed by atoms with van der Waals surface area (Å²) < 4.78 is 13.7. The highest BCUT2D eigenvalue weighted by Crippen LogP contribution is 2.33. The molecule has 1 aliphatic heterocycles. The van der Waals surface area contributed by atoms with Gasteiger partial charge in [-0.3, -0.25) is 4.99 Å². The summed E-state index contributed by atoms with van der Waals surface area (Å²) in [6.07, 6.45) is 1.08. The Bertz CT molecular complexity index is 444. The summed E-state index contributed by atoms with van der Waals surface area (Å²) in [6, 6.07) is 2.98. The predicted octanol–water partition coefficient (Wildman–Crippen LogP) is 4.53. The van der Waals surface area contributed by atoms with Crippen LogP contribution in [0.5, 0.6) is 0 Å². The van der Waals surface area contributed by atoms with Crippen LogP contribution in [0.4, 0.5) is 10.1 Å². The maximum Gasteiger partial charge on any atom is 0.161 e. The first-order valence-electron chi connectivity index (χ1n) is 5.18. The Balaban J connectivity index is 2.24. The van der Waals surface area contributed by atoms with Crippen LogP contribution in [0.25, 0.3) is 0 Å². The summed E-state index contributed by atoms with van der Waals surface area (Å²) in [4.78, 5) is 4.48. The summed E-state index contributed by atoms with van der Waals surface area (Å²) >= 11 is 10.9. The minimum atomic E-state index is -0.362. The predicted molar refractivity (Wildman–Crippen MR) is 76.7 cm³/mol. The van der Waals surface area contributed by atoms with E-state index in [1.807, 2.05) is 0 Å². The summed E-state index contributed by atoms with van der Waals surface area (Å²) in [6.45, 7) is 2.07. The van der Waals surface area contributed by atoms with E-state index in [2.05, 4.69) is 33.2 Å². The highest BCUT2D eigenvalue weighted by atomic mass is 79.9. The number of halogens is 3. The molecule has 17 heavy (non-hydrogen) atoms. The Kier molecular flexibility index (Phi) is 4.33. The quantitative estimate of drug-likeness (QED) is 0.814. The van der Waals surface area contributed by atoms with Gasteiger partial charge in [0, 0.05) is 10.2 Å². The highest BCUT2D eigenvalue weighted by Gasteiger charge is 2.15. The number of anilines is 1. The summed E-state index contributed by atoms with van der Waals surface area (Å²) in [5.74, 6) is 0.669. The first kappa shape index (κ1) is 13.2. The number of nitrogens with one attached hydrogen (secondary N) is 1. The molecule has 1 atom stereocenters. The number of rotatable bonds is 1. The van der Waals surface area contributed by atoms with Gasteiger partial charge in [-0.25, -0.2) is 4.39 Å². The van der Waals surface area contributed by atoms with Crippen molar-refractivity contribution in [3.05, 3.63) is 27.4 Å². The smallest absolute Gasteiger partial charge is 0.161 e. The van der Waals surface area contributed by atoms with Crippen LogP contribution in [0.2, 0.25) is 5.02 Å². The first-order chi connectivity index (χ1) is 8.06. The third kappa shape index (κ3) is 3.36. The molecule has 92 valence electrons. The molecule has 0 spiro atoms. The molecule has 0 amide bonds. The SMILES string of the molecule is CC1CCSC(Nc2c(Cl)cc(F)cc2Br)=N1.